The van der Waals surface area contributed by atoms with Gasteiger partial charge in [-0.2, -0.15) is 0 Å². The Kier molecular flexibility index (Phi) is 6.72. The van der Waals surface area contributed by atoms with Gasteiger partial charge in [-0.25, -0.2) is 0 Å². The molecular formula is C16H24N2O3. The van der Waals surface area contributed by atoms with Gasteiger partial charge in [0, 0.05) is 19.0 Å². The number of nitrogens with one attached hydrogen (secondary N) is 2. The summed E-state index contributed by atoms with van der Waals surface area (Å²) in [5.41, 5.74) is 1.08. The van der Waals surface area contributed by atoms with E-state index < -0.39 is 6.10 Å². The number of amides is 2. The molecule has 0 saturated carbocycles. The summed E-state index contributed by atoms with van der Waals surface area (Å²) in [4.78, 5) is 23.2. The summed E-state index contributed by atoms with van der Waals surface area (Å²) >= 11 is 0. The van der Waals surface area contributed by atoms with Gasteiger partial charge in [0.15, 0.2) is 6.10 Å². The van der Waals surface area contributed by atoms with Gasteiger partial charge in [0.1, 0.15) is 5.75 Å². The van der Waals surface area contributed by atoms with Crippen LogP contribution >= 0.6 is 0 Å². The molecule has 1 atom stereocenters. The molecule has 21 heavy (non-hydrogen) atoms. The number of carbonyl (C=O) groups is 2. The molecule has 5 heteroatoms. The molecule has 0 aliphatic rings. The van der Waals surface area contributed by atoms with Crippen molar-refractivity contribution in [3.05, 3.63) is 29.8 Å². The van der Waals surface area contributed by atoms with Gasteiger partial charge in [0.05, 0.1) is 0 Å². The van der Waals surface area contributed by atoms with Crippen LogP contribution in [-0.4, -0.2) is 31.0 Å². The first-order valence-electron chi connectivity index (χ1n) is 7.19. The van der Waals surface area contributed by atoms with Crippen molar-refractivity contribution in [2.45, 2.75) is 33.8 Å². The molecule has 0 saturated heterocycles. The van der Waals surface area contributed by atoms with Crippen molar-refractivity contribution in [1.29, 1.82) is 0 Å². The van der Waals surface area contributed by atoms with Gasteiger partial charge in [-0.1, -0.05) is 26.0 Å². The largest absolute Gasteiger partial charge is 0.481 e. The van der Waals surface area contributed by atoms with Crippen molar-refractivity contribution in [3.63, 3.8) is 0 Å². The van der Waals surface area contributed by atoms with E-state index in [0.29, 0.717) is 18.8 Å². The highest BCUT2D eigenvalue weighted by Crippen LogP contribution is 2.14. The molecule has 1 rings (SSSR count). The van der Waals surface area contributed by atoms with Gasteiger partial charge in [-0.05, 0) is 31.5 Å². The molecule has 0 fully saturated rings. The van der Waals surface area contributed by atoms with Crippen LogP contribution in [0.15, 0.2) is 24.3 Å². The SMILES string of the molecule is Cc1cccc(O[C@H](C)C(=O)NCCNC(=O)C(C)C)c1. The zero-order chi connectivity index (χ0) is 15.8. The summed E-state index contributed by atoms with van der Waals surface area (Å²) in [7, 11) is 0. The normalized spacial score (nSPS) is 11.9. The van der Waals surface area contributed by atoms with Crippen LogP contribution in [-0.2, 0) is 9.59 Å². The summed E-state index contributed by atoms with van der Waals surface area (Å²) < 4.78 is 5.57. The summed E-state index contributed by atoms with van der Waals surface area (Å²) in [6, 6.07) is 7.55. The van der Waals surface area contributed by atoms with Crippen LogP contribution in [0.4, 0.5) is 0 Å². The van der Waals surface area contributed by atoms with E-state index in [4.69, 9.17) is 4.74 Å². The Labute approximate surface area is 126 Å². The quantitative estimate of drug-likeness (QED) is 0.751. The molecule has 0 spiro atoms. The summed E-state index contributed by atoms with van der Waals surface area (Å²) in [6.07, 6.45) is -0.576. The van der Waals surface area contributed by atoms with Crippen molar-refractivity contribution < 1.29 is 14.3 Å². The van der Waals surface area contributed by atoms with Crippen molar-refractivity contribution in [1.82, 2.24) is 10.6 Å². The summed E-state index contributed by atoms with van der Waals surface area (Å²) in [6.45, 7) is 8.12. The van der Waals surface area contributed by atoms with E-state index in [2.05, 4.69) is 10.6 Å². The lowest BCUT2D eigenvalue weighted by Crippen LogP contribution is -2.41. The fourth-order valence-corrected chi connectivity index (χ4v) is 1.67. The van der Waals surface area contributed by atoms with E-state index in [1.807, 2.05) is 45.0 Å². The van der Waals surface area contributed by atoms with Crippen LogP contribution in [0, 0.1) is 12.8 Å². The predicted molar refractivity (Wildman–Crippen MR) is 82.1 cm³/mol. The number of benzene rings is 1. The van der Waals surface area contributed by atoms with E-state index in [0.717, 1.165) is 5.56 Å². The van der Waals surface area contributed by atoms with Gasteiger partial charge in [0.25, 0.3) is 5.91 Å². The van der Waals surface area contributed by atoms with E-state index in [1.165, 1.54) is 0 Å². The second-order valence-electron chi connectivity index (χ2n) is 5.31. The Hall–Kier alpha value is -2.04. The molecule has 2 N–H and O–H groups in total. The number of aryl methyl sites for hydroxylation is 1. The molecule has 1 aromatic rings. The first-order valence-corrected chi connectivity index (χ1v) is 7.19. The molecule has 2 amide bonds. The molecule has 0 unspecified atom stereocenters. The highest BCUT2D eigenvalue weighted by atomic mass is 16.5. The summed E-state index contributed by atoms with van der Waals surface area (Å²) in [5.74, 6) is 0.402. The Morgan fingerprint density at radius 2 is 1.71 bits per heavy atom. The lowest BCUT2D eigenvalue weighted by atomic mass is 10.2. The molecule has 0 aliphatic heterocycles. The van der Waals surface area contributed by atoms with E-state index in [9.17, 15) is 9.59 Å². The Bertz CT molecular complexity index is 486. The standard InChI is InChI=1S/C16H24N2O3/c1-11(2)15(19)17-8-9-18-16(20)13(4)21-14-7-5-6-12(3)10-14/h5-7,10-11,13H,8-9H2,1-4H3,(H,17,19)(H,18,20)/t13-/m1/s1. The third-order valence-corrected chi connectivity index (χ3v) is 2.92. The van der Waals surface area contributed by atoms with Crippen molar-refractivity contribution in [2.75, 3.05) is 13.1 Å². The van der Waals surface area contributed by atoms with Gasteiger partial charge >= 0.3 is 0 Å². The highest BCUT2D eigenvalue weighted by molar-refractivity contribution is 5.81. The maximum atomic E-state index is 11.9. The van der Waals surface area contributed by atoms with Crippen molar-refractivity contribution in [2.24, 2.45) is 5.92 Å². The molecular weight excluding hydrogens is 268 g/mol. The Morgan fingerprint density at radius 3 is 2.29 bits per heavy atom. The van der Waals surface area contributed by atoms with E-state index >= 15 is 0 Å². The van der Waals surface area contributed by atoms with Crippen LogP contribution in [0.5, 0.6) is 5.75 Å². The molecule has 0 bridgehead atoms. The number of ether oxygens (including phenoxy) is 1. The minimum atomic E-state index is -0.576. The smallest absolute Gasteiger partial charge is 0.260 e. The average Bonchev–Trinajstić information content (AvgIpc) is 2.42. The number of hydrogen-bond acceptors (Lipinski definition) is 3. The highest BCUT2D eigenvalue weighted by Gasteiger charge is 2.14. The van der Waals surface area contributed by atoms with Gasteiger partial charge in [0.2, 0.25) is 5.91 Å². The number of hydrogen-bond donors (Lipinski definition) is 2. The minimum absolute atomic E-state index is 0.0201. The lowest BCUT2D eigenvalue weighted by Gasteiger charge is -2.15. The molecule has 0 radical (unpaired) electrons. The Balaban J connectivity index is 2.30. The second kappa shape index (κ2) is 8.29. The predicted octanol–water partition coefficient (Wildman–Crippen LogP) is 1.65. The second-order valence-corrected chi connectivity index (χ2v) is 5.31. The van der Waals surface area contributed by atoms with Crippen LogP contribution in [0.3, 0.4) is 0 Å². The topological polar surface area (TPSA) is 67.4 Å². The van der Waals surface area contributed by atoms with Crippen molar-refractivity contribution >= 4 is 11.8 Å². The monoisotopic (exact) mass is 292 g/mol. The zero-order valence-electron chi connectivity index (χ0n) is 13.1. The fraction of sp³-hybridized carbons (Fsp3) is 0.500. The zero-order valence-corrected chi connectivity index (χ0v) is 13.1. The molecule has 116 valence electrons. The van der Waals surface area contributed by atoms with Gasteiger partial charge in [-0.3, -0.25) is 9.59 Å². The van der Waals surface area contributed by atoms with E-state index in [1.54, 1.807) is 6.92 Å². The van der Waals surface area contributed by atoms with Crippen LogP contribution in [0.2, 0.25) is 0 Å². The van der Waals surface area contributed by atoms with E-state index in [-0.39, 0.29) is 17.7 Å². The third kappa shape index (κ3) is 6.29. The van der Waals surface area contributed by atoms with Crippen LogP contribution < -0.4 is 15.4 Å². The van der Waals surface area contributed by atoms with Crippen LogP contribution in [0.25, 0.3) is 0 Å². The summed E-state index contributed by atoms with van der Waals surface area (Å²) in [5, 5.41) is 5.47. The number of carbonyl (C=O) groups excluding carboxylic acids is 2. The van der Waals surface area contributed by atoms with Gasteiger partial charge < -0.3 is 15.4 Å². The number of rotatable bonds is 7. The lowest BCUT2D eigenvalue weighted by molar-refractivity contribution is -0.128. The molecule has 5 nitrogen and oxygen atoms in total. The van der Waals surface area contributed by atoms with Crippen molar-refractivity contribution in [3.8, 4) is 5.75 Å². The maximum Gasteiger partial charge on any atom is 0.260 e. The molecule has 0 heterocycles. The average molecular weight is 292 g/mol. The first kappa shape index (κ1) is 17.0. The maximum absolute atomic E-state index is 11.9. The fourth-order valence-electron chi connectivity index (χ4n) is 1.67. The third-order valence-electron chi connectivity index (χ3n) is 2.92. The van der Waals surface area contributed by atoms with Crippen LogP contribution in [0.1, 0.15) is 26.3 Å². The van der Waals surface area contributed by atoms with Gasteiger partial charge in [-0.15, -0.1) is 0 Å². The molecule has 0 aromatic heterocycles. The Morgan fingerprint density at radius 1 is 1.10 bits per heavy atom. The first-order chi connectivity index (χ1) is 9.90. The molecule has 0 aliphatic carbocycles. The minimum Gasteiger partial charge on any atom is -0.481 e. The molecule has 1 aromatic carbocycles.